The van der Waals surface area contributed by atoms with Gasteiger partial charge in [-0.15, -0.1) is 15.3 Å². The average Bonchev–Trinajstić information content (AvgIpc) is 3.05. The lowest BCUT2D eigenvalue weighted by molar-refractivity contribution is -0.146. The Balaban J connectivity index is 1.95. The van der Waals surface area contributed by atoms with Crippen LogP contribution >= 0.6 is 0 Å². The maximum Gasteiger partial charge on any atom is 0.453 e. The molecule has 0 fully saturated rings. The number of hydrogen-bond acceptors (Lipinski definition) is 5. The molecule has 0 aliphatic carbocycles. The Morgan fingerprint density at radius 3 is 2.46 bits per heavy atom. The van der Waals surface area contributed by atoms with E-state index in [9.17, 15) is 13.2 Å². The van der Waals surface area contributed by atoms with E-state index in [1.807, 2.05) is 24.0 Å². The Morgan fingerprint density at radius 1 is 1.12 bits per heavy atom. The van der Waals surface area contributed by atoms with Crippen LogP contribution in [0.5, 0.6) is 0 Å². The third kappa shape index (κ3) is 3.59. The van der Waals surface area contributed by atoms with Crippen LogP contribution in [-0.4, -0.2) is 26.4 Å². The third-order valence-electron chi connectivity index (χ3n) is 3.78. The van der Waals surface area contributed by atoms with E-state index < -0.39 is 12.0 Å². The molecule has 9 heteroatoms. The van der Waals surface area contributed by atoms with Gasteiger partial charge in [0, 0.05) is 13.1 Å². The van der Waals surface area contributed by atoms with Gasteiger partial charge in [0.15, 0.2) is 5.65 Å². The summed E-state index contributed by atoms with van der Waals surface area (Å²) in [6, 6.07) is 12.2. The molecule has 2 aromatic heterocycles. The molecule has 2 heterocycles. The summed E-state index contributed by atoms with van der Waals surface area (Å²) in [5.74, 6) is -0.752. The molecular weight excluding hydrogens is 345 g/mol. The van der Waals surface area contributed by atoms with Gasteiger partial charge in [-0.05, 0) is 36.2 Å². The summed E-state index contributed by atoms with van der Waals surface area (Å²) in [6.45, 7) is 3.05. The predicted octanol–water partition coefficient (Wildman–Crippen LogP) is 3.43. The zero-order valence-electron chi connectivity index (χ0n) is 13.9. The molecule has 26 heavy (non-hydrogen) atoms. The first kappa shape index (κ1) is 17.7. The first-order chi connectivity index (χ1) is 12.4. The molecule has 0 amide bonds. The Morgan fingerprint density at radius 2 is 1.85 bits per heavy atom. The average molecular weight is 360 g/mol. The van der Waals surface area contributed by atoms with Gasteiger partial charge in [-0.3, -0.25) is 0 Å². The second kappa shape index (κ2) is 7.00. The van der Waals surface area contributed by atoms with Crippen LogP contribution in [-0.2, 0) is 12.7 Å². The van der Waals surface area contributed by atoms with Gasteiger partial charge in [-0.1, -0.05) is 19.1 Å². The summed E-state index contributed by atoms with van der Waals surface area (Å²) in [6.07, 6.45) is -3.84. The minimum atomic E-state index is -4.63. The van der Waals surface area contributed by atoms with Gasteiger partial charge < -0.3 is 4.90 Å². The number of rotatable bonds is 5. The quantitative estimate of drug-likeness (QED) is 0.697. The number of nitriles is 1. The summed E-state index contributed by atoms with van der Waals surface area (Å²) in [7, 11) is 0. The van der Waals surface area contributed by atoms with Crippen LogP contribution in [0, 0.1) is 11.3 Å². The Bertz CT molecular complexity index is 940. The van der Waals surface area contributed by atoms with Crippen molar-refractivity contribution in [3.63, 3.8) is 0 Å². The second-order valence-electron chi connectivity index (χ2n) is 5.71. The van der Waals surface area contributed by atoms with Crippen LogP contribution in [0.1, 0.15) is 30.3 Å². The van der Waals surface area contributed by atoms with Crippen molar-refractivity contribution < 1.29 is 13.2 Å². The van der Waals surface area contributed by atoms with E-state index in [0.29, 0.717) is 24.5 Å². The molecule has 3 rings (SSSR count). The SMILES string of the molecule is CCCN(Cc1ccc(C#N)cc1)c1ccc2nnc(C(F)(F)F)n2n1. The summed E-state index contributed by atoms with van der Waals surface area (Å²) in [5.41, 5.74) is 1.52. The van der Waals surface area contributed by atoms with Crippen molar-refractivity contribution in [2.75, 3.05) is 11.4 Å². The lowest BCUT2D eigenvalue weighted by Gasteiger charge is -2.23. The fourth-order valence-corrected chi connectivity index (χ4v) is 2.57. The van der Waals surface area contributed by atoms with E-state index in [0.717, 1.165) is 16.5 Å². The monoisotopic (exact) mass is 360 g/mol. The molecule has 6 nitrogen and oxygen atoms in total. The number of anilines is 1. The molecule has 0 bridgehead atoms. The number of aromatic nitrogens is 4. The zero-order valence-corrected chi connectivity index (χ0v) is 13.9. The maximum absolute atomic E-state index is 13.0. The normalized spacial score (nSPS) is 11.5. The van der Waals surface area contributed by atoms with Crippen molar-refractivity contribution in [2.45, 2.75) is 26.1 Å². The molecule has 0 aliphatic heterocycles. The Hall–Kier alpha value is -3.15. The lowest BCUT2D eigenvalue weighted by Crippen LogP contribution is -2.25. The van der Waals surface area contributed by atoms with Gasteiger partial charge in [-0.2, -0.15) is 22.9 Å². The number of benzene rings is 1. The first-order valence-electron chi connectivity index (χ1n) is 7.96. The van der Waals surface area contributed by atoms with Gasteiger partial charge in [-0.25, -0.2) is 0 Å². The van der Waals surface area contributed by atoms with E-state index in [-0.39, 0.29) is 5.65 Å². The molecule has 0 saturated heterocycles. The van der Waals surface area contributed by atoms with Crippen LogP contribution in [0.15, 0.2) is 36.4 Å². The molecule has 0 N–H and O–H groups in total. The molecule has 0 atom stereocenters. The highest BCUT2D eigenvalue weighted by molar-refractivity contribution is 5.46. The fraction of sp³-hybridized carbons (Fsp3) is 0.294. The lowest BCUT2D eigenvalue weighted by atomic mass is 10.1. The molecule has 0 aliphatic rings. The fourth-order valence-electron chi connectivity index (χ4n) is 2.57. The highest BCUT2D eigenvalue weighted by atomic mass is 19.4. The number of fused-ring (bicyclic) bond motifs is 1. The maximum atomic E-state index is 13.0. The molecule has 0 saturated carbocycles. The van der Waals surface area contributed by atoms with Crippen molar-refractivity contribution >= 4 is 11.5 Å². The van der Waals surface area contributed by atoms with Gasteiger partial charge in [0.05, 0.1) is 11.6 Å². The van der Waals surface area contributed by atoms with Gasteiger partial charge in [0.1, 0.15) is 5.82 Å². The molecule has 0 unspecified atom stereocenters. The standard InChI is InChI=1S/C17H15F3N6/c1-2-9-25(11-13-5-3-12(10-21)4-6-13)15-8-7-14-22-23-16(17(18,19)20)26(14)24-15/h3-8H,2,9,11H2,1H3. The smallest absolute Gasteiger partial charge is 0.351 e. The number of nitrogens with zero attached hydrogens (tertiary/aromatic N) is 6. The number of alkyl halides is 3. The van der Waals surface area contributed by atoms with E-state index in [1.165, 1.54) is 6.07 Å². The van der Waals surface area contributed by atoms with Crippen LogP contribution in [0.25, 0.3) is 5.65 Å². The Kier molecular flexibility index (Phi) is 4.75. The second-order valence-corrected chi connectivity index (χ2v) is 5.71. The molecule has 0 spiro atoms. The highest BCUT2D eigenvalue weighted by Crippen LogP contribution is 2.28. The number of halogens is 3. The first-order valence-corrected chi connectivity index (χ1v) is 7.96. The van der Waals surface area contributed by atoms with Crippen molar-refractivity contribution in [1.29, 1.82) is 5.26 Å². The van der Waals surface area contributed by atoms with Crippen molar-refractivity contribution in [3.05, 3.63) is 53.3 Å². The molecule has 134 valence electrons. The van der Waals surface area contributed by atoms with Crippen molar-refractivity contribution in [1.82, 2.24) is 19.8 Å². The number of hydrogen-bond donors (Lipinski definition) is 0. The van der Waals surface area contributed by atoms with E-state index in [4.69, 9.17) is 5.26 Å². The molecule has 1 aromatic carbocycles. The van der Waals surface area contributed by atoms with Crippen LogP contribution in [0.3, 0.4) is 0 Å². The third-order valence-corrected chi connectivity index (χ3v) is 3.78. The Labute approximate surface area is 147 Å². The molecule has 0 radical (unpaired) electrons. The summed E-state index contributed by atoms with van der Waals surface area (Å²) in [4.78, 5) is 1.88. The van der Waals surface area contributed by atoms with E-state index >= 15 is 0 Å². The minimum absolute atomic E-state index is 0.0379. The van der Waals surface area contributed by atoms with Crippen LogP contribution in [0.4, 0.5) is 19.0 Å². The highest BCUT2D eigenvalue weighted by Gasteiger charge is 2.37. The van der Waals surface area contributed by atoms with Crippen molar-refractivity contribution in [2.24, 2.45) is 0 Å². The van der Waals surface area contributed by atoms with Crippen molar-refractivity contribution in [3.8, 4) is 6.07 Å². The summed E-state index contributed by atoms with van der Waals surface area (Å²) < 4.78 is 39.9. The predicted molar refractivity (Wildman–Crippen MR) is 88.3 cm³/mol. The minimum Gasteiger partial charge on any atom is -0.351 e. The summed E-state index contributed by atoms with van der Waals surface area (Å²) >= 11 is 0. The largest absolute Gasteiger partial charge is 0.453 e. The molecular formula is C17H15F3N6. The van der Waals surface area contributed by atoms with Crippen LogP contribution in [0.2, 0.25) is 0 Å². The zero-order chi connectivity index (χ0) is 18.7. The van der Waals surface area contributed by atoms with Gasteiger partial charge >= 0.3 is 6.18 Å². The molecule has 3 aromatic rings. The van der Waals surface area contributed by atoms with Gasteiger partial charge in [0.2, 0.25) is 0 Å². The van der Waals surface area contributed by atoms with Crippen LogP contribution < -0.4 is 4.90 Å². The summed E-state index contributed by atoms with van der Waals surface area (Å²) in [5, 5.41) is 19.7. The topological polar surface area (TPSA) is 70.1 Å². The van der Waals surface area contributed by atoms with E-state index in [1.54, 1.807) is 18.2 Å². The van der Waals surface area contributed by atoms with E-state index in [2.05, 4.69) is 21.4 Å². The van der Waals surface area contributed by atoms with Gasteiger partial charge in [0.25, 0.3) is 5.82 Å².